The molecule has 1 heterocycles. The second kappa shape index (κ2) is 17.1. The number of halogens is 2. The second-order valence-corrected chi connectivity index (χ2v) is 15.0. The average molecular weight is 701 g/mol. The maximum atomic E-state index is 14.0. The minimum atomic E-state index is -4.03. The summed E-state index contributed by atoms with van der Waals surface area (Å²) < 4.78 is 62.6. The second-order valence-electron chi connectivity index (χ2n) is 13.0. The van der Waals surface area contributed by atoms with Crippen molar-refractivity contribution in [1.82, 2.24) is 20.3 Å². The predicted octanol–water partition coefficient (Wildman–Crippen LogP) is 3.57. The SMILES string of the molecule is CC(C)CN(C[C@@H](O)[C@H](Cc1ccccc1)NC(=O)[C@@H](NC(=O)CNCc1c(F)cccc1F)C(C)C)S(=O)(=O)c1ccc2c(c1)CCO2. The fraction of sp³-hybridized carbons (Fsp3) is 0.444. The van der Waals surface area contributed by atoms with E-state index in [4.69, 9.17) is 4.74 Å². The molecule has 1 aliphatic heterocycles. The Balaban J connectivity index is 1.49. The first-order chi connectivity index (χ1) is 23.3. The van der Waals surface area contributed by atoms with Crippen molar-refractivity contribution >= 4 is 21.8 Å². The van der Waals surface area contributed by atoms with Crippen LogP contribution in [0.25, 0.3) is 0 Å². The van der Waals surface area contributed by atoms with Crippen molar-refractivity contribution in [3.05, 3.63) is 95.1 Å². The summed E-state index contributed by atoms with van der Waals surface area (Å²) in [6.45, 7) is 7.03. The van der Waals surface area contributed by atoms with Crippen LogP contribution in [0.5, 0.6) is 5.75 Å². The molecule has 0 unspecified atom stereocenters. The third kappa shape index (κ3) is 10.3. The molecule has 13 heteroatoms. The van der Waals surface area contributed by atoms with E-state index in [0.29, 0.717) is 18.8 Å². The van der Waals surface area contributed by atoms with Crippen molar-refractivity contribution in [3.63, 3.8) is 0 Å². The summed E-state index contributed by atoms with van der Waals surface area (Å²) in [6, 6.07) is 15.5. The van der Waals surface area contributed by atoms with Crippen LogP contribution in [0.1, 0.15) is 44.4 Å². The number of hydrogen-bond donors (Lipinski definition) is 4. The Labute approximate surface area is 287 Å². The summed E-state index contributed by atoms with van der Waals surface area (Å²) in [4.78, 5) is 26.6. The number of ether oxygens (including phenoxy) is 1. The van der Waals surface area contributed by atoms with E-state index in [-0.39, 0.29) is 54.9 Å². The van der Waals surface area contributed by atoms with Crippen LogP contribution in [0.4, 0.5) is 8.78 Å². The summed E-state index contributed by atoms with van der Waals surface area (Å²) in [5.41, 5.74) is 1.40. The maximum absolute atomic E-state index is 14.0. The molecule has 0 bridgehead atoms. The minimum absolute atomic E-state index is 0.0640. The molecular weight excluding hydrogens is 654 g/mol. The summed E-state index contributed by atoms with van der Waals surface area (Å²) >= 11 is 0. The molecule has 10 nitrogen and oxygen atoms in total. The lowest BCUT2D eigenvalue weighted by Gasteiger charge is -2.32. The van der Waals surface area contributed by atoms with Crippen LogP contribution in [-0.4, -0.2) is 74.1 Å². The average Bonchev–Trinajstić information content (AvgIpc) is 3.53. The van der Waals surface area contributed by atoms with E-state index in [1.807, 2.05) is 44.2 Å². The summed E-state index contributed by atoms with van der Waals surface area (Å²) in [5.74, 6) is -2.40. The molecule has 0 aliphatic carbocycles. The Morgan fingerprint density at radius 3 is 2.29 bits per heavy atom. The Bertz CT molecular complexity index is 1670. The van der Waals surface area contributed by atoms with Gasteiger partial charge in [0.15, 0.2) is 0 Å². The molecule has 49 heavy (non-hydrogen) atoms. The fourth-order valence-electron chi connectivity index (χ4n) is 5.67. The molecule has 3 atom stereocenters. The first-order valence-corrected chi connectivity index (χ1v) is 17.9. The molecule has 4 rings (SSSR count). The van der Waals surface area contributed by atoms with Crippen LogP contribution in [0.15, 0.2) is 71.6 Å². The molecular formula is C36H46F2N4O6S. The number of amides is 2. The monoisotopic (exact) mass is 700 g/mol. The molecule has 0 saturated heterocycles. The molecule has 0 radical (unpaired) electrons. The van der Waals surface area contributed by atoms with E-state index in [1.54, 1.807) is 26.0 Å². The van der Waals surface area contributed by atoms with Crippen molar-refractivity contribution in [2.75, 3.05) is 26.2 Å². The number of aliphatic hydroxyl groups excluding tert-OH is 1. The number of carbonyl (C=O) groups is 2. The standard InChI is InChI=1S/C36H46F2N4O6S/c1-23(2)21-42(49(46,47)27-13-14-33-26(18-27)15-16-48-33)22-32(43)31(17-25-9-6-5-7-10-25)40-36(45)35(24(3)4)41-34(44)20-39-19-28-29(37)11-8-12-30(28)38/h5-14,18,23-24,31-32,35,39,43H,15-17,19-22H2,1-4H3,(H,40,45)(H,41,44)/t31-,32+,35-/m0/s1. The summed E-state index contributed by atoms with van der Waals surface area (Å²) in [6.07, 6.45) is -0.533. The van der Waals surface area contributed by atoms with Crippen LogP contribution >= 0.6 is 0 Å². The highest BCUT2D eigenvalue weighted by atomic mass is 32.2. The number of sulfonamides is 1. The first-order valence-electron chi connectivity index (χ1n) is 16.5. The van der Waals surface area contributed by atoms with Gasteiger partial charge in [-0.15, -0.1) is 0 Å². The van der Waals surface area contributed by atoms with Gasteiger partial charge in [0.2, 0.25) is 21.8 Å². The molecule has 1 aliphatic rings. The van der Waals surface area contributed by atoms with Crippen molar-refractivity contribution in [2.24, 2.45) is 11.8 Å². The number of nitrogens with one attached hydrogen (secondary N) is 3. The van der Waals surface area contributed by atoms with E-state index in [2.05, 4.69) is 16.0 Å². The zero-order valence-corrected chi connectivity index (χ0v) is 29.1. The molecule has 266 valence electrons. The van der Waals surface area contributed by atoms with Crippen molar-refractivity contribution in [2.45, 2.75) is 70.2 Å². The van der Waals surface area contributed by atoms with Crippen LogP contribution in [0, 0.1) is 23.5 Å². The third-order valence-electron chi connectivity index (χ3n) is 8.26. The van der Waals surface area contributed by atoms with Crippen LogP contribution < -0.4 is 20.7 Å². The largest absolute Gasteiger partial charge is 0.493 e. The van der Waals surface area contributed by atoms with Gasteiger partial charge in [0.25, 0.3) is 0 Å². The molecule has 0 saturated carbocycles. The Morgan fingerprint density at radius 1 is 0.939 bits per heavy atom. The summed E-state index contributed by atoms with van der Waals surface area (Å²) in [7, 11) is -4.03. The molecule has 4 N–H and O–H groups in total. The minimum Gasteiger partial charge on any atom is -0.493 e. The topological polar surface area (TPSA) is 137 Å². The number of nitrogens with zero attached hydrogens (tertiary/aromatic N) is 1. The first kappa shape index (κ1) is 37.9. The van der Waals surface area contributed by atoms with E-state index >= 15 is 0 Å². The highest BCUT2D eigenvalue weighted by Crippen LogP contribution is 2.29. The maximum Gasteiger partial charge on any atom is 0.243 e. The number of hydrogen-bond acceptors (Lipinski definition) is 7. The quantitative estimate of drug-likeness (QED) is 0.169. The van der Waals surface area contributed by atoms with Gasteiger partial charge in [-0.1, -0.05) is 64.1 Å². The zero-order chi connectivity index (χ0) is 35.7. The van der Waals surface area contributed by atoms with Crippen molar-refractivity contribution in [1.29, 1.82) is 0 Å². The van der Waals surface area contributed by atoms with Gasteiger partial charge in [-0.05, 0) is 59.7 Å². The van der Waals surface area contributed by atoms with Gasteiger partial charge in [0.1, 0.15) is 23.4 Å². The molecule has 0 fully saturated rings. The lowest BCUT2D eigenvalue weighted by atomic mass is 9.98. The van der Waals surface area contributed by atoms with Gasteiger partial charge in [0, 0.05) is 31.6 Å². The number of fused-ring (bicyclic) bond motifs is 1. The molecule has 0 spiro atoms. The molecule has 3 aromatic rings. The van der Waals surface area contributed by atoms with Crippen LogP contribution in [0.2, 0.25) is 0 Å². The van der Waals surface area contributed by atoms with Gasteiger partial charge in [-0.3, -0.25) is 9.59 Å². The lowest BCUT2D eigenvalue weighted by molar-refractivity contribution is -0.130. The van der Waals surface area contributed by atoms with E-state index in [9.17, 15) is 31.9 Å². The van der Waals surface area contributed by atoms with Crippen LogP contribution in [-0.2, 0) is 39.0 Å². The molecule has 3 aromatic carbocycles. The highest BCUT2D eigenvalue weighted by molar-refractivity contribution is 7.89. The Morgan fingerprint density at radius 2 is 1.63 bits per heavy atom. The van der Waals surface area contributed by atoms with Gasteiger partial charge >= 0.3 is 0 Å². The van der Waals surface area contributed by atoms with Gasteiger partial charge in [0.05, 0.1) is 30.2 Å². The third-order valence-corrected chi connectivity index (χ3v) is 10.1. The van der Waals surface area contributed by atoms with Gasteiger partial charge < -0.3 is 25.8 Å². The number of benzene rings is 3. The zero-order valence-electron chi connectivity index (χ0n) is 28.3. The van der Waals surface area contributed by atoms with E-state index < -0.39 is 51.7 Å². The predicted molar refractivity (Wildman–Crippen MR) is 182 cm³/mol. The number of carbonyl (C=O) groups excluding carboxylic acids is 2. The van der Waals surface area contributed by atoms with Crippen molar-refractivity contribution in [3.8, 4) is 5.75 Å². The fourth-order valence-corrected chi connectivity index (χ4v) is 7.34. The highest BCUT2D eigenvalue weighted by Gasteiger charge is 2.34. The summed E-state index contributed by atoms with van der Waals surface area (Å²) in [5, 5.41) is 19.9. The Hall–Kier alpha value is -3.91. The van der Waals surface area contributed by atoms with E-state index in [1.165, 1.54) is 16.4 Å². The van der Waals surface area contributed by atoms with Crippen LogP contribution in [0.3, 0.4) is 0 Å². The normalized spacial score (nSPS) is 14.7. The molecule has 2 amide bonds. The van der Waals surface area contributed by atoms with Gasteiger partial charge in [-0.25, -0.2) is 17.2 Å². The molecule has 0 aromatic heterocycles. The van der Waals surface area contributed by atoms with Crippen molar-refractivity contribution < 1.29 is 36.6 Å². The number of aliphatic hydroxyl groups is 1. The van der Waals surface area contributed by atoms with Gasteiger partial charge in [-0.2, -0.15) is 4.31 Å². The lowest BCUT2D eigenvalue weighted by Crippen LogP contribution is -2.57. The smallest absolute Gasteiger partial charge is 0.243 e. The number of rotatable bonds is 17. The Kier molecular flexibility index (Phi) is 13.3. The van der Waals surface area contributed by atoms with E-state index in [0.717, 1.165) is 23.3 Å².